The maximum Gasteiger partial charge on any atom is 0.0630 e. The average molecular weight is 271 g/mol. The van der Waals surface area contributed by atoms with Crippen LogP contribution in [0.5, 0.6) is 0 Å². The van der Waals surface area contributed by atoms with E-state index in [1.54, 1.807) is 7.11 Å². The van der Waals surface area contributed by atoms with Gasteiger partial charge in [0.05, 0.1) is 6.61 Å². The van der Waals surface area contributed by atoms with Gasteiger partial charge >= 0.3 is 0 Å². The number of likely N-dealkylation sites (tertiary alicyclic amines) is 1. The third-order valence-electron chi connectivity index (χ3n) is 4.09. The highest BCUT2D eigenvalue weighted by molar-refractivity contribution is 4.82. The van der Waals surface area contributed by atoms with Crippen molar-refractivity contribution in [3.8, 4) is 0 Å². The SMILES string of the molecule is COCC(CNCC(C)C)N(C)CC1CCCN1C. The predicted octanol–water partition coefficient (Wildman–Crippen LogP) is 1.27. The predicted molar refractivity (Wildman–Crippen MR) is 81.7 cm³/mol. The minimum absolute atomic E-state index is 0.470. The molecule has 1 aliphatic heterocycles. The fraction of sp³-hybridized carbons (Fsp3) is 1.00. The minimum atomic E-state index is 0.470. The molecule has 2 atom stereocenters. The lowest BCUT2D eigenvalue weighted by Crippen LogP contribution is -2.48. The highest BCUT2D eigenvalue weighted by Gasteiger charge is 2.24. The first-order valence-electron chi connectivity index (χ1n) is 7.64. The zero-order chi connectivity index (χ0) is 14.3. The Bertz CT molecular complexity index is 235. The Morgan fingerprint density at radius 3 is 2.63 bits per heavy atom. The van der Waals surface area contributed by atoms with Crippen LogP contribution in [0.4, 0.5) is 0 Å². The topological polar surface area (TPSA) is 27.7 Å². The van der Waals surface area contributed by atoms with Crippen LogP contribution in [0.1, 0.15) is 26.7 Å². The lowest BCUT2D eigenvalue weighted by molar-refractivity contribution is 0.0900. The van der Waals surface area contributed by atoms with Gasteiger partial charge in [0.1, 0.15) is 0 Å². The molecule has 0 aromatic rings. The van der Waals surface area contributed by atoms with Gasteiger partial charge in [0, 0.05) is 32.3 Å². The van der Waals surface area contributed by atoms with Crippen LogP contribution in [0.2, 0.25) is 0 Å². The van der Waals surface area contributed by atoms with Gasteiger partial charge < -0.3 is 15.0 Å². The van der Waals surface area contributed by atoms with Crippen LogP contribution >= 0.6 is 0 Å². The normalized spacial score (nSPS) is 22.6. The smallest absolute Gasteiger partial charge is 0.0630 e. The van der Waals surface area contributed by atoms with Crippen molar-refractivity contribution in [2.24, 2.45) is 5.92 Å². The van der Waals surface area contributed by atoms with Gasteiger partial charge in [-0.2, -0.15) is 0 Å². The Hall–Kier alpha value is -0.160. The van der Waals surface area contributed by atoms with Gasteiger partial charge in [-0.1, -0.05) is 13.8 Å². The lowest BCUT2D eigenvalue weighted by atomic mass is 10.1. The van der Waals surface area contributed by atoms with E-state index >= 15 is 0 Å². The van der Waals surface area contributed by atoms with Crippen molar-refractivity contribution in [1.82, 2.24) is 15.1 Å². The summed E-state index contributed by atoms with van der Waals surface area (Å²) in [5.74, 6) is 0.703. The zero-order valence-electron chi connectivity index (χ0n) is 13.5. The van der Waals surface area contributed by atoms with Gasteiger partial charge in [-0.15, -0.1) is 0 Å². The van der Waals surface area contributed by atoms with Crippen molar-refractivity contribution in [3.63, 3.8) is 0 Å². The van der Waals surface area contributed by atoms with Crippen LogP contribution in [0, 0.1) is 5.92 Å². The van der Waals surface area contributed by atoms with Crippen molar-refractivity contribution >= 4 is 0 Å². The molecule has 4 heteroatoms. The van der Waals surface area contributed by atoms with E-state index in [1.165, 1.54) is 19.4 Å². The third kappa shape index (κ3) is 6.21. The van der Waals surface area contributed by atoms with E-state index < -0.39 is 0 Å². The van der Waals surface area contributed by atoms with Crippen LogP contribution < -0.4 is 5.32 Å². The summed E-state index contributed by atoms with van der Waals surface area (Å²) in [6, 6.07) is 1.19. The molecular weight excluding hydrogens is 238 g/mol. The third-order valence-corrected chi connectivity index (χ3v) is 4.09. The quantitative estimate of drug-likeness (QED) is 0.683. The monoisotopic (exact) mass is 271 g/mol. The highest BCUT2D eigenvalue weighted by Crippen LogP contribution is 2.16. The Morgan fingerprint density at radius 1 is 1.37 bits per heavy atom. The van der Waals surface area contributed by atoms with E-state index in [1.807, 2.05) is 0 Å². The van der Waals surface area contributed by atoms with Crippen molar-refractivity contribution < 1.29 is 4.74 Å². The average Bonchev–Trinajstić information content (AvgIpc) is 2.73. The number of nitrogens with one attached hydrogen (secondary N) is 1. The number of rotatable bonds is 9. The molecule has 0 aromatic carbocycles. The Kier molecular flexibility index (Phi) is 7.91. The molecule has 0 spiro atoms. The number of methoxy groups -OCH3 is 1. The van der Waals surface area contributed by atoms with E-state index in [9.17, 15) is 0 Å². The summed E-state index contributed by atoms with van der Waals surface area (Å²) in [4.78, 5) is 4.95. The van der Waals surface area contributed by atoms with Crippen molar-refractivity contribution in [1.29, 1.82) is 0 Å². The fourth-order valence-corrected chi connectivity index (χ4v) is 2.76. The van der Waals surface area contributed by atoms with E-state index in [4.69, 9.17) is 4.74 Å². The van der Waals surface area contributed by atoms with Crippen LogP contribution in [0.3, 0.4) is 0 Å². The second-order valence-corrected chi connectivity index (χ2v) is 6.38. The summed E-state index contributed by atoms with van der Waals surface area (Å²) < 4.78 is 5.38. The van der Waals surface area contributed by atoms with Crippen LogP contribution in [0.25, 0.3) is 0 Å². The molecule has 2 unspecified atom stereocenters. The maximum absolute atomic E-state index is 5.38. The molecule has 1 aliphatic rings. The van der Waals surface area contributed by atoms with Gasteiger partial charge in [-0.05, 0) is 45.9 Å². The van der Waals surface area contributed by atoms with Crippen molar-refractivity contribution in [2.45, 2.75) is 38.8 Å². The van der Waals surface area contributed by atoms with Gasteiger partial charge in [0.2, 0.25) is 0 Å². The standard InChI is InChI=1S/C15H33N3O/c1-13(2)9-16-10-15(12-19-5)18(4)11-14-7-6-8-17(14)3/h13-16H,6-12H2,1-5H3. The van der Waals surface area contributed by atoms with Crippen LogP contribution in [-0.4, -0.2) is 75.9 Å². The van der Waals surface area contributed by atoms with Crippen LogP contribution in [-0.2, 0) is 4.74 Å². The van der Waals surface area contributed by atoms with Crippen LogP contribution in [0.15, 0.2) is 0 Å². The molecule has 1 saturated heterocycles. The fourth-order valence-electron chi connectivity index (χ4n) is 2.76. The molecule has 0 aromatic heterocycles. The van der Waals surface area contributed by atoms with E-state index in [0.717, 1.165) is 32.3 Å². The first-order valence-corrected chi connectivity index (χ1v) is 7.64. The molecule has 19 heavy (non-hydrogen) atoms. The molecule has 1 rings (SSSR count). The Balaban J connectivity index is 2.35. The summed E-state index contributed by atoms with van der Waals surface area (Å²) in [6.07, 6.45) is 2.68. The molecule has 0 radical (unpaired) electrons. The summed E-state index contributed by atoms with van der Waals surface area (Å²) in [5, 5.41) is 3.55. The van der Waals surface area contributed by atoms with Gasteiger partial charge in [-0.25, -0.2) is 0 Å². The number of hydrogen-bond donors (Lipinski definition) is 1. The van der Waals surface area contributed by atoms with Crippen molar-refractivity contribution in [2.75, 3.05) is 54.0 Å². The van der Waals surface area contributed by atoms with E-state index in [2.05, 4.69) is 43.1 Å². The molecule has 1 fully saturated rings. The summed E-state index contributed by atoms with van der Waals surface area (Å²) >= 11 is 0. The number of nitrogens with zero attached hydrogens (tertiary/aromatic N) is 2. The highest BCUT2D eigenvalue weighted by atomic mass is 16.5. The van der Waals surface area contributed by atoms with E-state index in [-0.39, 0.29) is 0 Å². The Labute approximate surface area is 119 Å². The first kappa shape index (κ1) is 16.9. The van der Waals surface area contributed by atoms with Crippen molar-refractivity contribution in [3.05, 3.63) is 0 Å². The largest absolute Gasteiger partial charge is 0.383 e. The second-order valence-electron chi connectivity index (χ2n) is 6.38. The maximum atomic E-state index is 5.38. The molecule has 0 amide bonds. The lowest BCUT2D eigenvalue weighted by Gasteiger charge is -2.32. The second kappa shape index (κ2) is 8.90. The number of likely N-dealkylation sites (N-methyl/N-ethyl adjacent to an activating group) is 2. The molecule has 114 valence electrons. The first-order chi connectivity index (χ1) is 9.04. The number of hydrogen-bond acceptors (Lipinski definition) is 4. The molecular formula is C15H33N3O. The van der Waals surface area contributed by atoms with E-state index in [0.29, 0.717) is 12.0 Å². The number of ether oxygens (including phenoxy) is 1. The summed E-state index contributed by atoms with van der Waals surface area (Å²) in [6.45, 7) is 9.78. The summed E-state index contributed by atoms with van der Waals surface area (Å²) in [5.41, 5.74) is 0. The van der Waals surface area contributed by atoms with Gasteiger partial charge in [0.15, 0.2) is 0 Å². The molecule has 0 aliphatic carbocycles. The minimum Gasteiger partial charge on any atom is -0.383 e. The molecule has 1 heterocycles. The molecule has 0 saturated carbocycles. The molecule has 1 N–H and O–H groups in total. The zero-order valence-corrected chi connectivity index (χ0v) is 13.5. The molecule has 0 bridgehead atoms. The Morgan fingerprint density at radius 2 is 2.11 bits per heavy atom. The summed E-state index contributed by atoms with van der Waals surface area (Å²) in [7, 11) is 6.27. The van der Waals surface area contributed by atoms with Gasteiger partial charge in [-0.3, -0.25) is 4.90 Å². The molecule has 4 nitrogen and oxygen atoms in total. The van der Waals surface area contributed by atoms with Gasteiger partial charge in [0.25, 0.3) is 0 Å².